The van der Waals surface area contributed by atoms with Crippen LogP contribution in [0.1, 0.15) is 40.0 Å². The molecule has 19 heavy (non-hydrogen) atoms. The summed E-state index contributed by atoms with van der Waals surface area (Å²) in [6.07, 6.45) is 3.41. The molecule has 6 nitrogen and oxygen atoms in total. The van der Waals surface area contributed by atoms with E-state index in [0.717, 1.165) is 25.5 Å². The van der Waals surface area contributed by atoms with Crippen LogP contribution in [-0.2, 0) is 0 Å². The highest BCUT2D eigenvalue weighted by atomic mass is 16.5. The lowest BCUT2D eigenvalue weighted by Gasteiger charge is -2.21. The first-order valence-corrected chi connectivity index (χ1v) is 7.14. The summed E-state index contributed by atoms with van der Waals surface area (Å²) in [7, 11) is 0. The van der Waals surface area contributed by atoms with E-state index < -0.39 is 0 Å². The van der Waals surface area contributed by atoms with Gasteiger partial charge in [0.25, 0.3) is 0 Å². The number of anilines is 2. The average Bonchev–Trinajstić information content (AvgIpc) is 2.83. The first-order valence-electron chi connectivity index (χ1n) is 7.14. The van der Waals surface area contributed by atoms with E-state index in [4.69, 9.17) is 4.74 Å². The molecule has 1 aliphatic rings. The standard InChI is InChI=1S/C13H23N5O/c1-4-8-14-11-15-12(17-13(16-11)19-5-2)18-9-6-7-10(18)3/h10H,4-9H2,1-3H3,(H,14,15,16,17). The summed E-state index contributed by atoms with van der Waals surface area (Å²) < 4.78 is 5.43. The molecule has 2 heterocycles. The van der Waals surface area contributed by atoms with Crippen molar-refractivity contribution in [2.75, 3.05) is 29.9 Å². The van der Waals surface area contributed by atoms with Crippen LogP contribution in [0.4, 0.5) is 11.9 Å². The van der Waals surface area contributed by atoms with E-state index in [9.17, 15) is 0 Å². The zero-order valence-electron chi connectivity index (χ0n) is 12.0. The van der Waals surface area contributed by atoms with Gasteiger partial charge in [0.2, 0.25) is 11.9 Å². The van der Waals surface area contributed by atoms with Crippen molar-refractivity contribution >= 4 is 11.9 Å². The monoisotopic (exact) mass is 265 g/mol. The van der Waals surface area contributed by atoms with Gasteiger partial charge in [-0.2, -0.15) is 15.0 Å². The highest BCUT2D eigenvalue weighted by Gasteiger charge is 2.24. The van der Waals surface area contributed by atoms with E-state index in [-0.39, 0.29) is 0 Å². The van der Waals surface area contributed by atoms with E-state index in [1.54, 1.807) is 0 Å². The van der Waals surface area contributed by atoms with Crippen LogP contribution >= 0.6 is 0 Å². The molecule has 6 heteroatoms. The largest absolute Gasteiger partial charge is 0.464 e. The van der Waals surface area contributed by atoms with Gasteiger partial charge in [-0.1, -0.05) is 6.92 Å². The molecule has 0 bridgehead atoms. The Morgan fingerprint density at radius 1 is 1.32 bits per heavy atom. The number of nitrogens with one attached hydrogen (secondary N) is 1. The molecule has 0 spiro atoms. The van der Waals surface area contributed by atoms with Crippen molar-refractivity contribution < 1.29 is 4.74 Å². The predicted octanol–water partition coefficient (Wildman–Crippen LogP) is 2.08. The summed E-state index contributed by atoms with van der Waals surface area (Å²) in [5.74, 6) is 1.33. The van der Waals surface area contributed by atoms with Crippen molar-refractivity contribution in [3.8, 4) is 6.01 Å². The Kier molecular flexibility index (Phi) is 4.76. The Bertz CT molecular complexity index is 412. The van der Waals surface area contributed by atoms with Crippen LogP contribution in [0.25, 0.3) is 0 Å². The second kappa shape index (κ2) is 6.54. The quantitative estimate of drug-likeness (QED) is 0.849. The number of nitrogens with zero attached hydrogens (tertiary/aromatic N) is 4. The molecule has 1 N–H and O–H groups in total. The third kappa shape index (κ3) is 3.45. The van der Waals surface area contributed by atoms with E-state index in [0.29, 0.717) is 24.6 Å². The van der Waals surface area contributed by atoms with E-state index in [2.05, 4.69) is 39.0 Å². The first kappa shape index (κ1) is 13.8. The molecule has 1 aliphatic heterocycles. The molecule has 1 unspecified atom stereocenters. The van der Waals surface area contributed by atoms with Crippen molar-refractivity contribution in [3.63, 3.8) is 0 Å². The number of aromatic nitrogens is 3. The third-order valence-electron chi connectivity index (χ3n) is 3.22. The molecular weight excluding hydrogens is 242 g/mol. The van der Waals surface area contributed by atoms with E-state index in [1.165, 1.54) is 12.8 Å². The average molecular weight is 265 g/mol. The highest BCUT2D eigenvalue weighted by molar-refractivity contribution is 5.40. The Balaban J connectivity index is 2.22. The van der Waals surface area contributed by atoms with Gasteiger partial charge < -0.3 is 15.0 Å². The topological polar surface area (TPSA) is 63.2 Å². The summed E-state index contributed by atoms with van der Waals surface area (Å²) in [5, 5.41) is 3.20. The summed E-state index contributed by atoms with van der Waals surface area (Å²) in [6.45, 7) is 8.67. The summed E-state index contributed by atoms with van der Waals surface area (Å²) in [5.41, 5.74) is 0. The van der Waals surface area contributed by atoms with Crippen molar-refractivity contribution in [2.45, 2.75) is 46.1 Å². The molecule has 0 aliphatic carbocycles. The zero-order chi connectivity index (χ0) is 13.7. The first-order chi connectivity index (χ1) is 9.24. The molecule has 1 aromatic heterocycles. The van der Waals surface area contributed by atoms with E-state index in [1.807, 2.05) is 6.92 Å². The molecule has 1 atom stereocenters. The van der Waals surface area contributed by atoms with Crippen molar-refractivity contribution in [2.24, 2.45) is 0 Å². The van der Waals surface area contributed by atoms with E-state index >= 15 is 0 Å². The molecule has 0 aromatic carbocycles. The molecular formula is C13H23N5O. The minimum absolute atomic E-state index is 0.408. The van der Waals surface area contributed by atoms with Crippen LogP contribution in [0.15, 0.2) is 0 Å². The normalized spacial score (nSPS) is 18.7. The van der Waals surface area contributed by atoms with Gasteiger partial charge >= 0.3 is 6.01 Å². The Labute approximate surface area is 114 Å². The van der Waals surface area contributed by atoms with Crippen LogP contribution in [0.2, 0.25) is 0 Å². The fourth-order valence-corrected chi connectivity index (χ4v) is 2.21. The van der Waals surface area contributed by atoms with Crippen LogP contribution < -0.4 is 15.0 Å². The lowest BCUT2D eigenvalue weighted by Crippen LogP contribution is -2.29. The molecule has 1 aromatic rings. The second-order valence-electron chi connectivity index (χ2n) is 4.79. The molecule has 2 rings (SSSR count). The summed E-state index contributed by atoms with van der Waals surface area (Å²) in [4.78, 5) is 15.4. The lowest BCUT2D eigenvalue weighted by molar-refractivity contribution is 0.312. The van der Waals surface area contributed by atoms with Crippen molar-refractivity contribution in [3.05, 3.63) is 0 Å². The molecule has 1 fully saturated rings. The van der Waals surface area contributed by atoms with Gasteiger partial charge in [-0.3, -0.25) is 0 Å². The third-order valence-corrected chi connectivity index (χ3v) is 3.22. The number of rotatable bonds is 6. The van der Waals surface area contributed by atoms with Gasteiger partial charge in [-0.15, -0.1) is 0 Å². The Hall–Kier alpha value is -1.59. The van der Waals surface area contributed by atoms with Crippen LogP contribution in [0.5, 0.6) is 6.01 Å². The molecule has 1 saturated heterocycles. The zero-order valence-corrected chi connectivity index (χ0v) is 12.0. The minimum atomic E-state index is 0.408. The molecule has 0 saturated carbocycles. The predicted molar refractivity (Wildman–Crippen MR) is 75.8 cm³/mol. The van der Waals surface area contributed by atoms with Gasteiger partial charge in [0.15, 0.2) is 0 Å². The lowest BCUT2D eigenvalue weighted by atomic mass is 10.2. The smallest absolute Gasteiger partial charge is 0.323 e. The minimum Gasteiger partial charge on any atom is -0.464 e. The van der Waals surface area contributed by atoms with Crippen LogP contribution in [-0.4, -0.2) is 40.7 Å². The SMILES string of the molecule is CCCNc1nc(OCC)nc(N2CCCC2C)n1. The van der Waals surface area contributed by atoms with Crippen LogP contribution in [0, 0.1) is 0 Å². The van der Waals surface area contributed by atoms with Crippen LogP contribution in [0.3, 0.4) is 0 Å². The fraction of sp³-hybridized carbons (Fsp3) is 0.769. The fourth-order valence-electron chi connectivity index (χ4n) is 2.21. The van der Waals surface area contributed by atoms with Gasteiger partial charge in [0.1, 0.15) is 0 Å². The number of hydrogen-bond donors (Lipinski definition) is 1. The van der Waals surface area contributed by atoms with Crippen molar-refractivity contribution in [1.82, 2.24) is 15.0 Å². The van der Waals surface area contributed by atoms with Crippen molar-refractivity contribution in [1.29, 1.82) is 0 Å². The van der Waals surface area contributed by atoms with Gasteiger partial charge in [0, 0.05) is 19.1 Å². The number of hydrogen-bond acceptors (Lipinski definition) is 6. The maximum atomic E-state index is 5.43. The molecule has 106 valence electrons. The maximum Gasteiger partial charge on any atom is 0.323 e. The Morgan fingerprint density at radius 3 is 2.79 bits per heavy atom. The van der Waals surface area contributed by atoms with Gasteiger partial charge in [0.05, 0.1) is 6.61 Å². The maximum absolute atomic E-state index is 5.43. The summed E-state index contributed by atoms with van der Waals surface area (Å²) in [6, 6.07) is 0.890. The summed E-state index contributed by atoms with van der Waals surface area (Å²) >= 11 is 0. The Morgan fingerprint density at radius 2 is 2.16 bits per heavy atom. The van der Waals surface area contributed by atoms with Gasteiger partial charge in [-0.25, -0.2) is 0 Å². The molecule has 0 radical (unpaired) electrons. The highest BCUT2D eigenvalue weighted by Crippen LogP contribution is 2.24. The number of ether oxygens (including phenoxy) is 1. The molecule has 0 amide bonds. The van der Waals surface area contributed by atoms with Gasteiger partial charge in [-0.05, 0) is 33.1 Å². The second-order valence-corrected chi connectivity index (χ2v) is 4.79.